The topological polar surface area (TPSA) is 50.2 Å². The zero-order valence-electron chi connectivity index (χ0n) is 13.5. The van der Waals surface area contributed by atoms with Crippen LogP contribution in [-0.4, -0.2) is 40.0 Å². The van der Waals surface area contributed by atoms with Crippen LogP contribution in [0.5, 0.6) is 0 Å². The van der Waals surface area contributed by atoms with Crippen LogP contribution >= 0.6 is 0 Å². The van der Waals surface area contributed by atoms with Crippen molar-refractivity contribution < 1.29 is 4.79 Å². The number of nitrogens with zero attached hydrogens (tertiary/aromatic N) is 3. The minimum Gasteiger partial charge on any atom is -0.347 e. The van der Waals surface area contributed by atoms with Gasteiger partial charge in [-0.15, -0.1) is 0 Å². The highest BCUT2D eigenvalue weighted by Crippen LogP contribution is 2.19. The molecule has 1 aromatic carbocycles. The Kier molecular flexibility index (Phi) is 5.72. The third kappa shape index (κ3) is 3.74. The monoisotopic (exact) mass is 300 g/mol. The summed E-state index contributed by atoms with van der Waals surface area (Å²) in [5.74, 6) is 0.298. The van der Waals surface area contributed by atoms with Crippen LogP contribution in [0.4, 0.5) is 0 Å². The third-order valence-corrected chi connectivity index (χ3v) is 3.92. The molecule has 1 amide bonds. The highest BCUT2D eigenvalue weighted by molar-refractivity contribution is 5.90. The van der Waals surface area contributed by atoms with Gasteiger partial charge in [0.15, 0.2) is 5.82 Å². The Hall–Kier alpha value is -2.14. The summed E-state index contributed by atoms with van der Waals surface area (Å²) in [5.41, 5.74) is 1.21. The maximum Gasteiger partial charge on any atom is 0.287 e. The molecule has 1 heterocycles. The van der Waals surface area contributed by atoms with Crippen LogP contribution in [0.25, 0.3) is 0 Å². The van der Waals surface area contributed by atoms with Crippen molar-refractivity contribution in [2.45, 2.75) is 19.9 Å². The normalized spacial score (nSPS) is 12.4. The molecule has 0 aliphatic carbocycles. The Morgan fingerprint density at radius 3 is 2.50 bits per heavy atom. The summed E-state index contributed by atoms with van der Waals surface area (Å²) < 4.78 is 1.73. The molecule has 118 valence electrons. The molecule has 1 atom stereocenters. The van der Waals surface area contributed by atoms with Crippen molar-refractivity contribution in [3.63, 3.8) is 0 Å². The molecule has 1 N–H and O–H groups in total. The first-order valence-electron chi connectivity index (χ1n) is 7.71. The lowest BCUT2D eigenvalue weighted by molar-refractivity contribution is 0.0921. The van der Waals surface area contributed by atoms with Gasteiger partial charge >= 0.3 is 0 Å². The van der Waals surface area contributed by atoms with Crippen molar-refractivity contribution in [2.75, 3.05) is 19.6 Å². The van der Waals surface area contributed by atoms with Crippen molar-refractivity contribution >= 4 is 5.91 Å². The lowest BCUT2D eigenvalue weighted by Crippen LogP contribution is -2.38. The lowest BCUT2D eigenvalue weighted by atomic mass is 10.1. The predicted octanol–water partition coefficient (Wildman–Crippen LogP) is 2.23. The van der Waals surface area contributed by atoms with E-state index in [-0.39, 0.29) is 11.9 Å². The third-order valence-electron chi connectivity index (χ3n) is 3.92. The Morgan fingerprint density at radius 1 is 1.27 bits per heavy atom. The van der Waals surface area contributed by atoms with E-state index in [1.165, 1.54) is 5.56 Å². The summed E-state index contributed by atoms with van der Waals surface area (Å²) in [6, 6.07) is 10.5. The second kappa shape index (κ2) is 7.75. The number of aromatic nitrogens is 2. The number of nitrogens with one attached hydrogen (secondary N) is 1. The molecule has 1 aromatic heterocycles. The standard InChI is InChI=1S/C17H24N4O/c1-4-21(5-2)15(14-9-7-6-8-10-14)13-19-17(22)16-18-11-12-20(16)3/h6-12,15H,4-5,13H2,1-3H3,(H,19,22)/t15-/m1/s1. The lowest BCUT2D eigenvalue weighted by Gasteiger charge is -2.30. The Balaban J connectivity index is 2.10. The minimum atomic E-state index is -0.138. The van der Waals surface area contributed by atoms with Gasteiger partial charge in [-0.1, -0.05) is 44.2 Å². The summed E-state index contributed by atoms with van der Waals surface area (Å²) >= 11 is 0. The van der Waals surface area contributed by atoms with Crippen LogP contribution in [0.3, 0.4) is 0 Å². The van der Waals surface area contributed by atoms with Gasteiger partial charge in [-0.3, -0.25) is 9.69 Å². The molecular weight excluding hydrogens is 276 g/mol. The van der Waals surface area contributed by atoms with E-state index < -0.39 is 0 Å². The molecule has 0 aliphatic rings. The van der Waals surface area contributed by atoms with Gasteiger partial charge in [-0.25, -0.2) is 4.98 Å². The fourth-order valence-corrected chi connectivity index (χ4v) is 2.65. The first-order valence-corrected chi connectivity index (χ1v) is 7.71. The first-order chi connectivity index (χ1) is 10.7. The van der Waals surface area contributed by atoms with Gasteiger partial charge < -0.3 is 9.88 Å². The Morgan fingerprint density at radius 2 is 1.95 bits per heavy atom. The average Bonchev–Trinajstić information content (AvgIpc) is 2.98. The number of aryl methyl sites for hydroxylation is 1. The average molecular weight is 300 g/mol. The van der Waals surface area contributed by atoms with Crippen LogP contribution < -0.4 is 5.32 Å². The molecule has 0 spiro atoms. The van der Waals surface area contributed by atoms with E-state index in [0.29, 0.717) is 12.4 Å². The molecule has 0 saturated heterocycles. The van der Waals surface area contributed by atoms with Crippen molar-refractivity contribution in [1.82, 2.24) is 19.8 Å². The van der Waals surface area contributed by atoms with Crippen molar-refractivity contribution in [2.24, 2.45) is 7.05 Å². The number of amides is 1. The van der Waals surface area contributed by atoms with Gasteiger partial charge in [-0.2, -0.15) is 0 Å². The molecule has 2 rings (SSSR count). The molecule has 2 aromatic rings. The summed E-state index contributed by atoms with van der Waals surface area (Å²) in [7, 11) is 1.82. The van der Waals surface area contributed by atoms with E-state index in [0.717, 1.165) is 13.1 Å². The van der Waals surface area contributed by atoms with Crippen LogP contribution in [0.2, 0.25) is 0 Å². The van der Waals surface area contributed by atoms with Crippen LogP contribution in [0.15, 0.2) is 42.7 Å². The molecular formula is C17H24N4O. The number of carbonyl (C=O) groups is 1. The Bertz CT molecular complexity index is 590. The van der Waals surface area contributed by atoms with E-state index in [9.17, 15) is 4.79 Å². The molecule has 22 heavy (non-hydrogen) atoms. The maximum absolute atomic E-state index is 12.2. The van der Waals surface area contributed by atoms with Crippen molar-refractivity contribution in [1.29, 1.82) is 0 Å². The quantitative estimate of drug-likeness (QED) is 0.853. The summed E-state index contributed by atoms with van der Waals surface area (Å²) in [4.78, 5) is 18.7. The molecule has 0 fully saturated rings. The summed E-state index contributed by atoms with van der Waals surface area (Å²) in [6.45, 7) is 6.72. The number of carbonyl (C=O) groups excluding carboxylic acids is 1. The zero-order chi connectivity index (χ0) is 15.9. The van der Waals surface area contributed by atoms with Crippen LogP contribution in [0.1, 0.15) is 36.1 Å². The van der Waals surface area contributed by atoms with E-state index in [1.807, 2.05) is 25.2 Å². The molecule has 0 unspecified atom stereocenters. The maximum atomic E-state index is 12.2. The fraction of sp³-hybridized carbons (Fsp3) is 0.412. The van der Waals surface area contributed by atoms with Gasteiger partial charge in [0, 0.05) is 26.0 Å². The summed E-state index contributed by atoms with van der Waals surface area (Å²) in [6.07, 6.45) is 3.40. The van der Waals surface area contributed by atoms with E-state index in [4.69, 9.17) is 0 Å². The number of imidazole rings is 1. The minimum absolute atomic E-state index is 0.138. The second-order valence-corrected chi connectivity index (χ2v) is 5.22. The van der Waals surface area contributed by atoms with Gasteiger partial charge in [0.2, 0.25) is 0 Å². The summed E-state index contributed by atoms with van der Waals surface area (Å²) in [5, 5.41) is 3.01. The molecule has 0 bridgehead atoms. The van der Waals surface area contributed by atoms with E-state index in [2.05, 4.69) is 41.2 Å². The zero-order valence-corrected chi connectivity index (χ0v) is 13.5. The Labute approximate surface area is 132 Å². The van der Waals surface area contributed by atoms with Gasteiger partial charge in [0.25, 0.3) is 5.91 Å². The number of rotatable bonds is 7. The highest BCUT2D eigenvalue weighted by atomic mass is 16.2. The SMILES string of the molecule is CCN(CC)[C@H](CNC(=O)c1nccn1C)c1ccccc1. The first kappa shape index (κ1) is 16.2. The van der Waals surface area contributed by atoms with E-state index in [1.54, 1.807) is 17.0 Å². The largest absolute Gasteiger partial charge is 0.347 e. The number of benzene rings is 1. The van der Waals surface area contributed by atoms with Crippen molar-refractivity contribution in [3.8, 4) is 0 Å². The van der Waals surface area contributed by atoms with Gasteiger partial charge in [-0.05, 0) is 18.7 Å². The van der Waals surface area contributed by atoms with E-state index >= 15 is 0 Å². The van der Waals surface area contributed by atoms with Gasteiger partial charge in [0.1, 0.15) is 0 Å². The molecule has 5 heteroatoms. The molecule has 5 nitrogen and oxygen atoms in total. The van der Waals surface area contributed by atoms with Crippen LogP contribution in [0, 0.1) is 0 Å². The molecule has 0 saturated carbocycles. The highest BCUT2D eigenvalue weighted by Gasteiger charge is 2.20. The fourth-order valence-electron chi connectivity index (χ4n) is 2.65. The van der Waals surface area contributed by atoms with Gasteiger partial charge in [0.05, 0.1) is 6.04 Å². The molecule has 0 radical (unpaired) electrons. The smallest absolute Gasteiger partial charge is 0.287 e. The number of likely N-dealkylation sites (N-methyl/N-ethyl adjacent to an activating group) is 1. The number of hydrogen-bond donors (Lipinski definition) is 1. The second-order valence-electron chi connectivity index (χ2n) is 5.22. The predicted molar refractivity (Wildman–Crippen MR) is 87.6 cm³/mol. The van der Waals surface area contributed by atoms with Crippen LogP contribution in [-0.2, 0) is 7.05 Å². The number of hydrogen-bond acceptors (Lipinski definition) is 3. The van der Waals surface area contributed by atoms with Crippen molar-refractivity contribution in [3.05, 3.63) is 54.1 Å². The molecule has 0 aliphatic heterocycles.